The van der Waals surface area contributed by atoms with Crippen molar-refractivity contribution >= 4 is 11.8 Å². The van der Waals surface area contributed by atoms with E-state index in [9.17, 15) is 14.0 Å². The van der Waals surface area contributed by atoms with Crippen LogP contribution in [0.25, 0.3) is 0 Å². The van der Waals surface area contributed by atoms with Crippen molar-refractivity contribution in [3.63, 3.8) is 0 Å². The van der Waals surface area contributed by atoms with Gasteiger partial charge in [0.15, 0.2) is 5.54 Å². The molecular formula is C18H19FN4O2. The first kappa shape index (κ1) is 17.0. The number of nitrogens with one attached hydrogen (secondary N) is 1. The van der Waals surface area contributed by atoms with Gasteiger partial charge in [0.1, 0.15) is 5.82 Å². The Balaban J connectivity index is 1.97. The second kappa shape index (κ2) is 6.96. The molecule has 2 heterocycles. The molecular weight excluding hydrogens is 323 g/mol. The first-order valence-corrected chi connectivity index (χ1v) is 8.12. The van der Waals surface area contributed by atoms with Crippen molar-refractivity contribution in [1.29, 1.82) is 0 Å². The van der Waals surface area contributed by atoms with E-state index in [1.165, 1.54) is 36.6 Å². The van der Waals surface area contributed by atoms with Crippen LogP contribution in [0.15, 0.2) is 42.9 Å². The maximum Gasteiger partial charge on any atom is 0.252 e. The number of likely N-dealkylation sites (tertiary alicyclic amines) is 1. The fourth-order valence-electron chi connectivity index (χ4n) is 3.39. The highest BCUT2D eigenvalue weighted by molar-refractivity contribution is 5.93. The number of nitrogens with zero attached hydrogens (tertiary/aromatic N) is 3. The quantitative estimate of drug-likeness (QED) is 0.912. The summed E-state index contributed by atoms with van der Waals surface area (Å²) in [6.45, 7) is 0.414. The Kier molecular flexibility index (Phi) is 4.74. The number of rotatable bonds is 4. The van der Waals surface area contributed by atoms with Gasteiger partial charge in [-0.2, -0.15) is 0 Å². The van der Waals surface area contributed by atoms with Crippen LogP contribution in [0.3, 0.4) is 0 Å². The molecule has 1 unspecified atom stereocenters. The van der Waals surface area contributed by atoms with Gasteiger partial charge in [0.2, 0.25) is 5.91 Å². The van der Waals surface area contributed by atoms with Gasteiger partial charge in [-0.25, -0.2) is 4.39 Å². The molecule has 0 saturated carbocycles. The molecule has 0 radical (unpaired) electrons. The summed E-state index contributed by atoms with van der Waals surface area (Å²) in [6.07, 6.45) is 5.52. The second-order valence-corrected chi connectivity index (χ2v) is 5.95. The molecule has 1 aliphatic rings. The molecule has 2 amide bonds. The third-order valence-electron chi connectivity index (χ3n) is 4.57. The molecule has 0 aliphatic carbocycles. The number of halogens is 1. The monoisotopic (exact) mass is 342 g/mol. The summed E-state index contributed by atoms with van der Waals surface area (Å²) in [5.74, 6) is -1.05. The summed E-state index contributed by atoms with van der Waals surface area (Å²) in [6, 6.07) is 6.16. The lowest BCUT2D eigenvalue weighted by Gasteiger charge is -2.36. The number of hydrogen-bond donors (Lipinski definition) is 1. The Hall–Kier alpha value is -2.83. The van der Waals surface area contributed by atoms with Gasteiger partial charge in [-0.15, -0.1) is 0 Å². The van der Waals surface area contributed by atoms with Crippen molar-refractivity contribution in [3.05, 3.63) is 59.9 Å². The molecule has 1 saturated heterocycles. The molecule has 6 nitrogen and oxygen atoms in total. The summed E-state index contributed by atoms with van der Waals surface area (Å²) < 4.78 is 13.9. The molecule has 2 aromatic rings. The molecule has 25 heavy (non-hydrogen) atoms. The van der Waals surface area contributed by atoms with Gasteiger partial charge >= 0.3 is 0 Å². The Morgan fingerprint density at radius 3 is 2.80 bits per heavy atom. The highest BCUT2D eigenvalue weighted by atomic mass is 19.1. The van der Waals surface area contributed by atoms with Gasteiger partial charge in [0.25, 0.3) is 5.91 Å². The zero-order valence-corrected chi connectivity index (χ0v) is 13.9. The van der Waals surface area contributed by atoms with Gasteiger partial charge < -0.3 is 10.2 Å². The Morgan fingerprint density at radius 1 is 1.32 bits per heavy atom. The minimum atomic E-state index is -1.20. The third-order valence-corrected chi connectivity index (χ3v) is 4.57. The fourth-order valence-corrected chi connectivity index (χ4v) is 3.39. The standard InChI is InChI=1S/C18H19FN4O2/c1-20-17(25)18(15-12-21-8-9-22-15)7-4-10-23(18)16(24)11-13-5-2-3-6-14(13)19/h2-3,5-6,8-9,12H,4,7,10-11H2,1H3,(H,20,25). The molecule has 1 aromatic heterocycles. The topological polar surface area (TPSA) is 75.2 Å². The maximum absolute atomic E-state index is 13.9. The van der Waals surface area contributed by atoms with E-state index in [0.717, 1.165) is 0 Å². The van der Waals surface area contributed by atoms with Crippen molar-refractivity contribution in [2.24, 2.45) is 0 Å². The summed E-state index contributed by atoms with van der Waals surface area (Å²) in [5.41, 5.74) is -0.469. The van der Waals surface area contributed by atoms with Crippen LogP contribution in [-0.2, 0) is 21.5 Å². The summed E-state index contributed by atoms with van der Waals surface area (Å²) in [4.78, 5) is 35.4. The molecule has 0 bridgehead atoms. The average Bonchev–Trinajstić information content (AvgIpc) is 3.10. The van der Waals surface area contributed by atoms with E-state index in [0.29, 0.717) is 30.6 Å². The van der Waals surface area contributed by atoms with E-state index in [1.807, 2.05) is 0 Å². The first-order valence-electron chi connectivity index (χ1n) is 8.12. The first-order chi connectivity index (χ1) is 12.1. The highest BCUT2D eigenvalue weighted by Gasteiger charge is 2.51. The van der Waals surface area contributed by atoms with Crippen LogP contribution < -0.4 is 5.32 Å². The Labute approximate surface area is 145 Å². The predicted molar refractivity (Wildman–Crippen MR) is 88.8 cm³/mol. The number of carbonyl (C=O) groups excluding carboxylic acids is 2. The van der Waals surface area contributed by atoms with Gasteiger partial charge in [-0.05, 0) is 24.5 Å². The van der Waals surface area contributed by atoms with Crippen molar-refractivity contribution in [1.82, 2.24) is 20.2 Å². The fraction of sp³-hybridized carbons (Fsp3) is 0.333. The molecule has 3 rings (SSSR count). The van der Waals surface area contributed by atoms with Crippen molar-refractivity contribution in [2.75, 3.05) is 13.6 Å². The zero-order valence-electron chi connectivity index (χ0n) is 13.9. The lowest BCUT2D eigenvalue weighted by molar-refractivity contribution is -0.145. The van der Waals surface area contributed by atoms with Crippen molar-refractivity contribution in [3.8, 4) is 0 Å². The number of aromatic nitrogens is 2. The molecule has 130 valence electrons. The summed E-state index contributed by atoms with van der Waals surface area (Å²) >= 11 is 0. The molecule has 1 fully saturated rings. The van der Waals surface area contributed by atoms with Gasteiger partial charge in [0, 0.05) is 26.0 Å². The third kappa shape index (κ3) is 2.97. The lowest BCUT2D eigenvalue weighted by atomic mass is 9.90. The Morgan fingerprint density at radius 2 is 2.12 bits per heavy atom. The predicted octanol–water partition coefficient (Wildman–Crippen LogP) is 1.42. The number of amides is 2. The van der Waals surface area contributed by atoms with Crippen LogP contribution in [0.2, 0.25) is 0 Å². The van der Waals surface area contributed by atoms with E-state index in [4.69, 9.17) is 0 Å². The normalized spacial score (nSPS) is 19.7. The van der Waals surface area contributed by atoms with E-state index in [-0.39, 0.29) is 18.2 Å². The van der Waals surface area contributed by atoms with Crippen LogP contribution in [-0.4, -0.2) is 40.3 Å². The Bertz CT molecular complexity index is 784. The zero-order chi connectivity index (χ0) is 17.9. The van der Waals surface area contributed by atoms with E-state index in [2.05, 4.69) is 15.3 Å². The number of carbonyl (C=O) groups is 2. The largest absolute Gasteiger partial charge is 0.357 e. The van der Waals surface area contributed by atoms with Crippen LogP contribution in [0, 0.1) is 5.82 Å². The van der Waals surface area contributed by atoms with Crippen LogP contribution in [0.5, 0.6) is 0 Å². The minimum Gasteiger partial charge on any atom is -0.357 e. The van der Waals surface area contributed by atoms with E-state index >= 15 is 0 Å². The second-order valence-electron chi connectivity index (χ2n) is 5.95. The smallest absolute Gasteiger partial charge is 0.252 e. The molecule has 1 N–H and O–H groups in total. The molecule has 1 atom stereocenters. The van der Waals surface area contributed by atoms with Crippen molar-refractivity contribution in [2.45, 2.75) is 24.8 Å². The lowest BCUT2D eigenvalue weighted by Crippen LogP contribution is -2.55. The molecule has 0 spiro atoms. The average molecular weight is 342 g/mol. The highest BCUT2D eigenvalue weighted by Crippen LogP contribution is 2.38. The van der Waals surface area contributed by atoms with Crippen LogP contribution in [0.4, 0.5) is 4.39 Å². The van der Waals surface area contributed by atoms with Gasteiger partial charge in [-0.3, -0.25) is 19.6 Å². The molecule has 7 heteroatoms. The van der Waals surface area contributed by atoms with E-state index in [1.54, 1.807) is 18.2 Å². The molecule has 1 aromatic carbocycles. The minimum absolute atomic E-state index is 0.105. The number of likely N-dealkylation sites (N-methyl/N-ethyl adjacent to an activating group) is 1. The van der Waals surface area contributed by atoms with Crippen LogP contribution in [0.1, 0.15) is 24.1 Å². The number of benzene rings is 1. The SMILES string of the molecule is CNC(=O)C1(c2cnccn2)CCCN1C(=O)Cc1ccccc1F. The number of hydrogen-bond acceptors (Lipinski definition) is 4. The molecule has 1 aliphatic heterocycles. The van der Waals surface area contributed by atoms with Gasteiger partial charge in [-0.1, -0.05) is 18.2 Å². The van der Waals surface area contributed by atoms with E-state index < -0.39 is 11.4 Å². The summed E-state index contributed by atoms with van der Waals surface area (Å²) in [7, 11) is 1.53. The maximum atomic E-state index is 13.9. The van der Waals surface area contributed by atoms with Gasteiger partial charge in [0.05, 0.1) is 18.3 Å². The van der Waals surface area contributed by atoms with Crippen molar-refractivity contribution < 1.29 is 14.0 Å². The van der Waals surface area contributed by atoms with Crippen LogP contribution >= 0.6 is 0 Å². The summed E-state index contributed by atoms with van der Waals surface area (Å²) in [5, 5.41) is 2.63.